The van der Waals surface area contributed by atoms with Crippen LogP contribution in [0.15, 0.2) is 42.5 Å². The summed E-state index contributed by atoms with van der Waals surface area (Å²) in [4.78, 5) is 55.4. The standard InChI is InChI=1S/C27H28N2O5/c1-16(2)23(29-24(31)18-6-4-5-7-19(18)25(29)32)26(33)28-12-10-27(11-13-28)15-21(30)20-14-17(3)8-9-22(20)34-27/h4-9,14,16,23H,10-13,15H2,1-3H3. The van der Waals surface area contributed by atoms with Crippen molar-refractivity contribution in [2.75, 3.05) is 13.1 Å². The van der Waals surface area contributed by atoms with E-state index in [9.17, 15) is 19.2 Å². The van der Waals surface area contributed by atoms with Gasteiger partial charge in [-0.3, -0.25) is 24.1 Å². The third-order valence-corrected chi connectivity index (χ3v) is 7.22. The lowest BCUT2D eigenvalue weighted by Gasteiger charge is -2.45. The van der Waals surface area contributed by atoms with Crippen LogP contribution in [0, 0.1) is 12.8 Å². The number of fused-ring (bicyclic) bond motifs is 2. The summed E-state index contributed by atoms with van der Waals surface area (Å²) in [5.41, 5.74) is 1.69. The van der Waals surface area contributed by atoms with Crippen molar-refractivity contribution < 1.29 is 23.9 Å². The lowest BCUT2D eigenvalue weighted by atomic mass is 9.82. The van der Waals surface area contributed by atoms with E-state index in [0.717, 1.165) is 10.5 Å². The van der Waals surface area contributed by atoms with Gasteiger partial charge in [0.15, 0.2) is 5.78 Å². The molecule has 3 amide bonds. The van der Waals surface area contributed by atoms with Crippen LogP contribution >= 0.6 is 0 Å². The van der Waals surface area contributed by atoms with Crippen LogP contribution in [0.2, 0.25) is 0 Å². The molecule has 1 unspecified atom stereocenters. The molecule has 1 spiro atoms. The molecule has 3 heterocycles. The molecule has 34 heavy (non-hydrogen) atoms. The van der Waals surface area contributed by atoms with E-state index in [1.54, 1.807) is 29.2 Å². The molecular weight excluding hydrogens is 432 g/mol. The molecule has 0 aromatic heterocycles. The summed E-state index contributed by atoms with van der Waals surface area (Å²) in [5, 5.41) is 0. The number of ketones is 1. The summed E-state index contributed by atoms with van der Waals surface area (Å²) in [6.07, 6.45) is 1.33. The summed E-state index contributed by atoms with van der Waals surface area (Å²) in [5.74, 6) is -0.655. The normalized spacial score (nSPS) is 19.8. The molecule has 3 aliphatic heterocycles. The van der Waals surface area contributed by atoms with Crippen LogP contribution in [0.4, 0.5) is 0 Å². The fourth-order valence-electron chi connectivity index (χ4n) is 5.36. The number of imide groups is 1. The van der Waals surface area contributed by atoms with Gasteiger partial charge in [0.25, 0.3) is 11.8 Å². The number of carbonyl (C=O) groups excluding carboxylic acids is 4. The third-order valence-electron chi connectivity index (χ3n) is 7.22. The average molecular weight is 461 g/mol. The highest BCUT2D eigenvalue weighted by atomic mass is 16.5. The summed E-state index contributed by atoms with van der Waals surface area (Å²) >= 11 is 0. The quantitative estimate of drug-likeness (QED) is 0.653. The highest BCUT2D eigenvalue weighted by Gasteiger charge is 2.48. The molecule has 3 aliphatic rings. The maximum Gasteiger partial charge on any atom is 0.262 e. The van der Waals surface area contributed by atoms with Gasteiger partial charge in [-0.2, -0.15) is 0 Å². The van der Waals surface area contributed by atoms with E-state index < -0.39 is 23.5 Å². The molecule has 176 valence electrons. The lowest BCUT2D eigenvalue weighted by Crippen LogP contribution is -2.58. The van der Waals surface area contributed by atoms with Gasteiger partial charge in [-0.1, -0.05) is 37.6 Å². The molecule has 2 aromatic carbocycles. The highest BCUT2D eigenvalue weighted by molar-refractivity contribution is 6.22. The minimum Gasteiger partial charge on any atom is -0.486 e. The Labute approximate surface area is 198 Å². The van der Waals surface area contributed by atoms with Crippen molar-refractivity contribution in [1.29, 1.82) is 0 Å². The van der Waals surface area contributed by atoms with Crippen LogP contribution in [0.5, 0.6) is 5.75 Å². The minimum absolute atomic E-state index is 0.0656. The predicted octanol–water partition coefficient (Wildman–Crippen LogP) is 3.64. The Kier molecular flexibility index (Phi) is 5.30. The molecule has 1 atom stereocenters. The number of likely N-dealkylation sites (tertiary alicyclic amines) is 1. The first kappa shape index (κ1) is 22.3. The van der Waals surface area contributed by atoms with Crippen molar-refractivity contribution in [2.45, 2.75) is 51.7 Å². The van der Waals surface area contributed by atoms with Crippen LogP contribution in [-0.2, 0) is 4.79 Å². The largest absolute Gasteiger partial charge is 0.486 e. The van der Waals surface area contributed by atoms with Crippen molar-refractivity contribution in [3.63, 3.8) is 0 Å². The fraction of sp³-hybridized carbons (Fsp3) is 0.407. The smallest absolute Gasteiger partial charge is 0.262 e. The van der Waals surface area contributed by atoms with E-state index >= 15 is 0 Å². The zero-order valence-electron chi connectivity index (χ0n) is 19.7. The molecule has 0 radical (unpaired) electrons. The number of rotatable bonds is 3. The number of nitrogens with zero attached hydrogens (tertiary/aromatic N) is 2. The van der Waals surface area contributed by atoms with E-state index in [2.05, 4.69) is 0 Å². The van der Waals surface area contributed by atoms with Gasteiger partial charge < -0.3 is 9.64 Å². The van der Waals surface area contributed by atoms with Gasteiger partial charge >= 0.3 is 0 Å². The Balaban J connectivity index is 1.33. The topological polar surface area (TPSA) is 84.0 Å². The Morgan fingerprint density at radius 2 is 1.56 bits per heavy atom. The number of benzene rings is 2. The molecule has 7 heteroatoms. The van der Waals surface area contributed by atoms with E-state index in [1.807, 2.05) is 39.0 Å². The molecule has 0 aliphatic carbocycles. The maximum absolute atomic E-state index is 13.6. The number of carbonyl (C=O) groups is 4. The van der Waals surface area contributed by atoms with Gasteiger partial charge in [0.1, 0.15) is 17.4 Å². The fourth-order valence-corrected chi connectivity index (χ4v) is 5.36. The van der Waals surface area contributed by atoms with Crippen molar-refractivity contribution in [3.8, 4) is 5.75 Å². The number of amides is 3. The van der Waals surface area contributed by atoms with Gasteiger partial charge in [-0.25, -0.2) is 0 Å². The van der Waals surface area contributed by atoms with Crippen LogP contribution in [-0.4, -0.2) is 58.0 Å². The minimum atomic E-state index is -0.876. The first-order valence-corrected chi connectivity index (χ1v) is 11.8. The first-order valence-electron chi connectivity index (χ1n) is 11.8. The van der Waals surface area contributed by atoms with Crippen LogP contribution in [0.3, 0.4) is 0 Å². The SMILES string of the molecule is Cc1ccc2c(c1)C(=O)CC1(CCN(C(=O)C(C(C)C)N3C(=O)c4ccccc4C3=O)CC1)O2. The number of hydrogen-bond acceptors (Lipinski definition) is 5. The number of piperidine rings is 1. The van der Waals surface area contributed by atoms with E-state index in [1.165, 1.54) is 0 Å². The summed E-state index contributed by atoms with van der Waals surface area (Å²) in [6.45, 7) is 6.44. The molecule has 0 bridgehead atoms. The number of ether oxygens (including phenoxy) is 1. The molecule has 1 fully saturated rings. The third kappa shape index (κ3) is 3.50. The summed E-state index contributed by atoms with van der Waals surface area (Å²) < 4.78 is 6.32. The molecule has 5 rings (SSSR count). The van der Waals surface area contributed by atoms with Gasteiger partial charge in [0, 0.05) is 25.9 Å². The van der Waals surface area contributed by atoms with E-state index in [0.29, 0.717) is 48.4 Å². The van der Waals surface area contributed by atoms with Crippen molar-refractivity contribution >= 4 is 23.5 Å². The lowest BCUT2D eigenvalue weighted by molar-refractivity contribution is -0.140. The molecule has 0 N–H and O–H groups in total. The monoisotopic (exact) mass is 460 g/mol. The first-order chi connectivity index (χ1) is 16.2. The van der Waals surface area contributed by atoms with E-state index in [-0.39, 0.29) is 24.0 Å². The molecule has 7 nitrogen and oxygen atoms in total. The van der Waals surface area contributed by atoms with Gasteiger partial charge in [-0.15, -0.1) is 0 Å². The highest BCUT2D eigenvalue weighted by Crippen LogP contribution is 2.40. The predicted molar refractivity (Wildman–Crippen MR) is 125 cm³/mol. The Morgan fingerprint density at radius 3 is 2.15 bits per heavy atom. The second-order valence-corrected chi connectivity index (χ2v) is 9.92. The Morgan fingerprint density at radius 1 is 0.941 bits per heavy atom. The van der Waals surface area contributed by atoms with Crippen molar-refractivity contribution in [3.05, 3.63) is 64.7 Å². The number of Topliss-reactive ketones (excluding diaryl/α,β-unsaturated/α-hetero) is 1. The van der Waals surface area contributed by atoms with Gasteiger partial charge in [0.05, 0.1) is 23.1 Å². The molecule has 1 saturated heterocycles. The molecular formula is C27H28N2O5. The zero-order chi connectivity index (χ0) is 24.2. The molecule has 0 saturated carbocycles. The second kappa shape index (κ2) is 8.08. The Bertz CT molecular complexity index is 1170. The van der Waals surface area contributed by atoms with Crippen molar-refractivity contribution in [1.82, 2.24) is 9.80 Å². The zero-order valence-corrected chi connectivity index (χ0v) is 19.7. The summed E-state index contributed by atoms with van der Waals surface area (Å²) in [6, 6.07) is 11.4. The number of hydrogen-bond donors (Lipinski definition) is 0. The maximum atomic E-state index is 13.6. The van der Waals surface area contributed by atoms with E-state index in [4.69, 9.17) is 4.74 Å². The van der Waals surface area contributed by atoms with Crippen molar-refractivity contribution in [2.24, 2.45) is 5.92 Å². The average Bonchev–Trinajstić information content (AvgIpc) is 3.05. The Hall–Kier alpha value is -3.48. The van der Waals surface area contributed by atoms with Crippen LogP contribution in [0.1, 0.15) is 69.7 Å². The second-order valence-electron chi connectivity index (χ2n) is 9.92. The van der Waals surface area contributed by atoms with Crippen LogP contribution < -0.4 is 4.74 Å². The van der Waals surface area contributed by atoms with Gasteiger partial charge in [0.2, 0.25) is 5.91 Å². The molecule has 2 aromatic rings. The van der Waals surface area contributed by atoms with Gasteiger partial charge in [-0.05, 0) is 37.1 Å². The summed E-state index contributed by atoms with van der Waals surface area (Å²) in [7, 11) is 0. The number of aryl methyl sites for hydroxylation is 1. The van der Waals surface area contributed by atoms with Crippen LogP contribution in [0.25, 0.3) is 0 Å².